The number of hydrogen-bond donors (Lipinski definition) is 1. The lowest BCUT2D eigenvalue weighted by Crippen LogP contribution is -2.47. The number of nitrogens with zero attached hydrogens (tertiary/aromatic N) is 2. The van der Waals surface area contributed by atoms with Gasteiger partial charge in [0.2, 0.25) is 0 Å². The fourth-order valence-corrected chi connectivity index (χ4v) is 2.21. The van der Waals surface area contributed by atoms with Crippen LogP contribution in [-0.4, -0.2) is 60.6 Å². The van der Waals surface area contributed by atoms with Gasteiger partial charge in [0.05, 0.1) is 0 Å². The topological polar surface area (TPSA) is 43.8 Å². The van der Waals surface area contributed by atoms with Crippen molar-refractivity contribution in [1.82, 2.24) is 9.80 Å². The van der Waals surface area contributed by atoms with Crippen molar-refractivity contribution < 1.29 is 9.90 Å². The van der Waals surface area contributed by atoms with Gasteiger partial charge in [-0.15, -0.1) is 0 Å². The van der Waals surface area contributed by atoms with Crippen LogP contribution in [0.2, 0.25) is 0 Å². The van der Waals surface area contributed by atoms with E-state index in [9.17, 15) is 9.90 Å². The first kappa shape index (κ1) is 14.5. The maximum absolute atomic E-state index is 11.4. The van der Waals surface area contributed by atoms with E-state index in [4.69, 9.17) is 0 Å². The molecule has 4 heteroatoms. The zero-order valence-corrected chi connectivity index (χ0v) is 11.5. The lowest BCUT2D eigenvalue weighted by Gasteiger charge is -2.31. The molecule has 1 aliphatic rings. The first-order valence-corrected chi connectivity index (χ1v) is 6.53. The second-order valence-electron chi connectivity index (χ2n) is 5.81. The molecule has 0 spiro atoms. The summed E-state index contributed by atoms with van der Waals surface area (Å²) >= 11 is 0. The van der Waals surface area contributed by atoms with E-state index in [2.05, 4.69) is 23.6 Å². The Morgan fingerprint density at radius 2 is 1.88 bits per heavy atom. The van der Waals surface area contributed by atoms with Gasteiger partial charge in [-0.25, -0.2) is 0 Å². The third-order valence-electron chi connectivity index (χ3n) is 3.15. The molecule has 1 fully saturated rings. The van der Waals surface area contributed by atoms with Gasteiger partial charge in [0.1, 0.15) is 6.04 Å². The summed E-state index contributed by atoms with van der Waals surface area (Å²) in [5.41, 5.74) is 0. The highest BCUT2D eigenvalue weighted by Gasteiger charge is 2.40. The predicted octanol–water partition coefficient (Wildman–Crippen LogP) is 1.37. The minimum absolute atomic E-state index is 0.266. The quantitative estimate of drug-likeness (QED) is 0.698. The Hall–Kier alpha value is -0.610. The number of carbonyl (C=O) groups is 1. The molecule has 0 saturated heterocycles. The average Bonchev–Trinajstić information content (AvgIpc) is 2.96. The molecule has 0 aromatic heterocycles. The smallest absolute Gasteiger partial charge is 0.321 e. The van der Waals surface area contributed by atoms with E-state index in [0.717, 1.165) is 32.5 Å². The Morgan fingerprint density at radius 1 is 1.29 bits per heavy atom. The Labute approximate surface area is 105 Å². The number of carboxylic acid groups (broad SMARTS) is 1. The zero-order chi connectivity index (χ0) is 13.0. The summed E-state index contributed by atoms with van der Waals surface area (Å²) in [4.78, 5) is 15.7. The molecule has 0 aromatic carbocycles. The summed E-state index contributed by atoms with van der Waals surface area (Å²) < 4.78 is 0. The fourth-order valence-electron chi connectivity index (χ4n) is 2.21. The minimum atomic E-state index is -0.646. The Morgan fingerprint density at radius 3 is 2.24 bits per heavy atom. The molecular weight excluding hydrogens is 216 g/mol. The summed E-state index contributed by atoms with van der Waals surface area (Å²) in [6.07, 6.45) is 2.15. The second kappa shape index (κ2) is 6.36. The standard InChI is InChI=1S/C13H26N2O2/c1-10(2)9-15(8-7-14(3)4)12(13(16)17)11-5-6-11/h10-12H,5-9H2,1-4H3,(H,16,17). The van der Waals surface area contributed by atoms with E-state index in [1.165, 1.54) is 0 Å². The minimum Gasteiger partial charge on any atom is -0.480 e. The third-order valence-corrected chi connectivity index (χ3v) is 3.15. The van der Waals surface area contributed by atoms with Crippen molar-refractivity contribution in [3.63, 3.8) is 0 Å². The maximum Gasteiger partial charge on any atom is 0.321 e. The van der Waals surface area contributed by atoms with E-state index >= 15 is 0 Å². The first-order chi connectivity index (χ1) is 7.91. The van der Waals surface area contributed by atoms with Crippen LogP contribution in [0.4, 0.5) is 0 Å². The van der Waals surface area contributed by atoms with Gasteiger partial charge >= 0.3 is 5.97 Å². The number of likely N-dealkylation sites (N-methyl/N-ethyl adjacent to an activating group) is 1. The second-order valence-corrected chi connectivity index (χ2v) is 5.81. The van der Waals surface area contributed by atoms with Gasteiger partial charge in [-0.2, -0.15) is 0 Å². The van der Waals surface area contributed by atoms with Crippen molar-refractivity contribution in [1.29, 1.82) is 0 Å². The van der Waals surface area contributed by atoms with Crippen molar-refractivity contribution in [3.05, 3.63) is 0 Å². The molecule has 1 aliphatic carbocycles. The average molecular weight is 242 g/mol. The van der Waals surface area contributed by atoms with Gasteiger partial charge < -0.3 is 10.0 Å². The number of carboxylic acids is 1. The largest absolute Gasteiger partial charge is 0.480 e. The number of rotatable bonds is 8. The van der Waals surface area contributed by atoms with Crippen LogP contribution < -0.4 is 0 Å². The molecule has 1 unspecified atom stereocenters. The maximum atomic E-state index is 11.4. The van der Waals surface area contributed by atoms with Crippen LogP contribution in [-0.2, 0) is 4.79 Å². The lowest BCUT2D eigenvalue weighted by molar-refractivity contribution is -0.144. The Bertz CT molecular complexity index is 250. The van der Waals surface area contributed by atoms with E-state index < -0.39 is 5.97 Å². The van der Waals surface area contributed by atoms with E-state index in [0.29, 0.717) is 11.8 Å². The van der Waals surface area contributed by atoms with Crippen LogP contribution in [0.1, 0.15) is 26.7 Å². The number of hydrogen-bond acceptors (Lipinski definition) is 3. The predicted molar refractivity (Wildman–Crippen MR) is 69.1 cm³/mol. The molecule has 100 valence electrons. The van der Waals surface area contributed by atoms with Crippen LogP contribution in [0.15, 0.2) is 0 Å². The van der Waals surface area contributed by atoms with Gasteiger partial charge in [0.15, 0.2) is 0 Å². The summed E-state index contributed by atoms with van der Waals surface area (Å²) in [5, 5.41) is 9.38. The van der Waals surface area contributed by atoms with Crippen molar-refractivity contribution in [2.45, 2.75) is 32.7 Å². The summed E-state index contributed by atoms with van der Waals surface area (Å²) in [5.74, 6) is 0.248. The van der Waals surface area contributed by atoms with Crippen molar-refractivity contribution >= 4 is 5.97 Å². The summed E-state index contributed by atoms with van der Waals surface area (Å²) in [7, 11) is 4.06. The Kier molecular flexibility index (Phi) is 5.40. The van der Waals surface area contributed by atoms with Gasteiger partial charge in [-0.05, 0) is 38.8 Å². The van der Waals surface area contributed by atoms with Crippen molar-refractivity contribution in [2.24, 2.45) is 11.8 Å². The monoisotopic (exact) mass is 242 g/mol. The Balaban J connectivity index is 2.61. The van der Waals surface area contributed by atoms with Crippen LogP contribution in [0.25, 0.3) is 0 Å². The fraction of sp³-hybridized carbons (Fsp3) is 0.923. The highest BCUT2D eigenvalue weighted by molar-refractivity contribution is 5.74. The molecule has 1 atom stereocenters. The van der Waals surface area contributed by atoms with Gasteiger partial charge in [0, 0.05) is 19.6 Å². The normalized spacial score (nSPS) is 18.1. The summed E-state index contributed by atoms with van der Waals surface area (Å²) in [6.45, 7) is 6.94. The van der Waals surface area contributed by atoms with E-state index in [-0.39, 0.29) is 6.04 Å². The highest BCUT2D eigenvalue weighted by atomic mass is 16.4. The van der Waals surface area contributed by atoms with Crippen LogP contribution in [0.3, 0.4) is 0 Å². The first-order valence-electron chi connectivity index (χ1n) is 6.53. The molecule has 0 aliphatic heterocycles. The molecule has 1 saturated carbocycles. The zero-order valence-electron chi connectivity index (χ0n) is 11.5. The van der Waals surface area contributed by atoms with Crippen LogP contribution in [0.5, 0.6) is 0 Å². The van der Waals surface area contributed by atoms with Crippen molar-refractivity contribution in [3.8, 4) is 0 Å². The molecule has 0 bridgehead atoms. The van der Waals surface area contributed by atoms with Crippen LogP contribution in [0, 0.1) is 11.8 Å². The van der Waals surface area contributed by atoms with E-state index in [1.54, 1.807) is 0 Å². The molecule has 0 heterocycles. The van der Waals surface area contributed by atoms with Gasteiger partial charge in [-0.3, -0.25) is 9.69 Å². The molecule has 0 radical (unpaired) electrons. The molecule has 4 nitrogen and oxygen atoms in total. The molecule has 0 amide bonds. The van der Waals surface area contributed by atoms with E-state index in [1.807, 2.05) is 14.1 Å². The number of aliphatic carboxylic acids is 1. The van der Waals surface area contributed by atoms with Crippen LogP contribution >= 0.6 is 0 Å². The highest BCUT2D eigenvalue weighted by Crippen LogP contribution is 2.35. The van der Waals surface area contributed by atoms with Crippen molar-refractivity contribution in [2.75, 3.05) is 33.7 Å². The molecule has 1 rings (SSSR count). The summed E-state index contributed by atoms with van der Waals surface area (Å²) in [6, 6.07) is -0.266. The third kappa shape index (κ3) is 5.04. The van der Waals surface area contributed by atoms with Gasteiger partial charge in [0.25, 0.3) is 0 Å². The lowest BCUT2D eigenvalue weighted by atomic mass is 10.1. The molecule has 1 N–H and O–H groups in total. The van der Waals surface area contributed by atoms with Gasteiger partial charge in [-0.1, -0.05) is 13.8 Å². The molecule has 17 heavy (non-hydrogen) atoms. The SMILES string of the molecule is CC(C)CN(CCN(C)C)C(C(=O)O)C1CC1. The molecular formula is C13H26N2O2. The molecule has 0 aromatic rings.